The van der Waals surface area contributed by atoms with E-state index >= 15 is 0 Å². The first-order chi connectivity index (χ1) is 12.3. The highest BCUT2D eigenvalue weighted by Crippen LogP contribution is 2.23. The van der Waals surface area contributed by atoms with E-state index in [9.17, 15) is 18.0 Å². The summed E-state index contributed by atoms with van der Waals surface area (Å²) in [4.78, 5) is 26.3. The fourth-order valence-corrected chi connectivity index (χ4v) is 4.43. The van der Waals surface area contributed by atoms with Crippen molar-refractivity contribution in [3.63, 3.8) is 0 Å². The van der Waals surface area contributed by atoms with Crippen molar-refractivity contribution < 1.29 is 18.0 Å². The number of nitrogens with zero attached hydrogens (tertiary/aromatic N) is 1. The molecule has 1 saturated heterocycles. The third-order valence-electron chi connectivity index (χ3n) is 3.78. The second-order valence-corrected chi connectivity index (χ2v) is 8.38. The Labute approximate surface area is 158 Å². The summed E-state index contributed by atoms with van der Waals surface area (Å²) < 4.78 is 26.3. The molecule has 1 atom stereocenters. The van der Waals surface area contributed by atoms with Crippen LogP contribution in [0.25, 0.3) is 6.08 Å². The number of thioether (sulfide) groups is 1. The maximum Gasteiger partial charge on any atom is 0.257 e. The maximum atomic E-state index is 12.4. The van der Waals surface area contributed by atoms with E-state index in [-0.39, 0.29) is 5.91 Å². The van der Waals surface area contributed by atoms with Gasteiger partial charge >= 0.3 is 0 Å². The highest BCUT2D eigenvalue weighted by molar-refractivity contribution is 7.99. The third kappa shape index (κ3) is 5.47. The number of sulfonamides is 1. The molecule has 140 valence electrons. The van der Waals surface area contributed by atoms with Crippen LogP contribution in [0.15, 0.2) is 47.4 Å². The number of benzene rings is 1. The Bertz CT molecular complexity index is 817. The van der Waals surface area contributed by atoms with E-state index in [1.807, 2.05) is 17.7 Å². The molecule has 1 heterocycles. The summed E-state index contributed by atoms with van der Waals surface area (Å²) in [6, 6.07) is 8.11. The lowest BCUT2D eigenvalue weighted by molar-refractivity contribution is -0.134. The third-order valence-corrected chi connectivity index (χ3v) is 5.77. The van der Waals surface area contributed by atoms with Crippen molar-refractivity contribution in [2.45, 2.75) is 26.3 Å². The van der Waals surface area contributed by atoms with Gasteiger partial charge in [0.1, 0.15) is 6.04 Å². The predicted molar refractivity (Wildman–Crippen MR) is 105 cm³/mol. The lowest BCUT2D eigenvalue weighted by atomic mass is 10.2. The molecule has 26 heavy (non-hydrogen) atoms. The van der Waals surface area contributed by atoms with Crippen LogP contribution in [0.5, 0.6) is 0 Å². The average molecular weight is 395 g/mol. The normalized spacial score (nSPS) is 18.3. The molecule has 2 amide bonds. The van der Waals surface area contributed by atoms with Crippen LogP contribution in [-0.4, -0.2) is 42.8 Å². The summed E-state index contributed by atoms with van der Waals surface area (Å²) in [5.74, 6) is -0.194. The minimum Gasteiger partial charge on any atom is -0.317 e. The van der Waals surface area contributed by atoms with Gasteiger partial charge in [0, 0.05) is 11.3 Å². The maximum absolute atomic E-state index is 12.4. The van der Waals surface area contributed by atoms with Gasteiger partial charge in [-0.1, -0.05) is 43.3 Å². The van der Waals surface area contributed by atoms with Gasteiger partial charge in [0.05, 0.1) is 11.3 Å². The fourth-order valence-electron chi connectivity index (χ4n) is 2.45. The van der Waals surface area contributed by atoms with Crippen molar-refractivity contribution in [3.8, 4) is 0 Å². The minimum absolute atomic E-state index is 0.241. The monoisotopic (exact) mass is 394 g/mol. The Morgan fingerprint density at radius 3 is 2.65 bits per heavy atom. The summed E-state index contributed by atoms with van der Waals surface area (Å²) in [6.07, 6.45) is 3.92. The number of rotatable bonds is 6. The molecule has 8 heteroatoms. The van der Waals surface area contributed by atoms with Crippen molar-refractivity contribution in [1.29, 1.82) is 0 Å². The largest absolute Gasteiger partial charge is 0.317 e. The van der Waals surface area contributed by atoms with E-state index in [0.29, 0.717) is 29.2 Å². The standard InChI is InChI=1S/C18H22N2O4S2/c1-3-7-14(2)18(22)20-13-25-12-16(20)17(21)19-26(23,24)11-10-15-8-5-4-6-9-15/h4-11,16H,3,12-13H2,1-2H3,(H,19,21)/b11-10+,14-7-/t16-/m1/s1. The summed E-state index contributed by atoms with van der Waals surface area (Å²) >= 11 is 1.42. The molecule has 0 saturated carbocycles. The lowest BCUT2D eigenvalue weighted by Crippen LogP contribution is -2.48. The van der Waals surface area contributed by atoms with Crippen molar-refractivity contribution in [3.05, 3.63) is 53.0 Å². The molecule has 0 radical (unpaired) electrons. The summed E-state index contributed by atoms with van der Waals surface area (Å²) in [5, 5.41) is 0.955. The van der Waals surface area contributed by atoms with Crippen LogP contribution in [-0.2, 0) is 19.6 Å². The summed E-state index contributed by atoms with van der Waals surface area (Å²) in [7, 11) is -3.94. The van der Waals surface area contributed by atoms with E-state index in [4.69, 9.17) is 0 Å². The van der Waals surface area contributed by atoms with Crippen molar-refractivity contribution in [2.24, 2.45) is 0 Å². The molecular formula is C18H22N2O4S2. The van der Waals surface area contributed by atoms with E-state index < -0.39 is 22.0 Å². The van der Waals surface area contributed by atoms with Crippen molar-refractivity contribution >= 4 is 39.7 Å². The molecule has 1 aromatic rings. The van der Waals surface area contributed by atoms with Gasteiger partial charge in [-0.05, 0) is 25.0 Å². The zero-order chi connectivity index (χ0) is 19.2. The first-order valence-electron chi connectivity index (χ1n) is 8.19. The van der Waals surface area contributed by atoms with Crippen LogP contribution in [0.1, 0.15) is 25.8 Å². The van der Waals surface area contributed by atoms with Crippen LogP contribution in [0.4, 0.5) is 0 Å². The van der Waals surface area contributed by atoms with Gasteiger partial charge < -0.3 is 4.90 Å². The van der Waals surface area contributed by atoms with Crippen molar-refractivity contribution in [1.82, 2.24) is 9.62 Å². The van der Waals surface area contributed by atoms with Gasteiger partial charge in [0.25, 0.3) is 21.8 Å². The zero-order valence-electron chi connectivity index (χ0n) is 14.7. The van der Waals surface area contributed by atoms with E-state index in [2.05, 4.69) is 0 Å². The number of hydrogen-bond donors (Lipinski definition) is 1. The molecule has 1 N–H and O–H groups in total. The Balaban J connectivity index is 2.06. The summed E-state index contributed by atoms with van der Waals surface area (Å²) in [6.45, 7) is 3.62. The van der Waals surface area contributed by atoms with Crippen LogP contribution in [0.3, 0.4) is 0 Å². The van der Waals surface area contributed by atoms with Crippen LogP contribution >= 0.6 is 11.8 Å². The quantitative estimate of drug-likeness (QED) is 0.749. The van der Waals surface area contributed by atoms with E-state index in [0.717, 1.165) is 5.41 Å². The minimum atomic E-state index is -3.94. The first kappa shape index (κ1) is 20.3. The van der Waals surface area contributed by atoms with E-state index in [1.165, 1.54) is 22.7 Å². The molecule has 6 nitrogen and oxygen atoms in total. The number of allylic oxidation sites excluding steroid dienone is 1. The number of carbonyl (C=O) groups excluding carboxylic acids is 2. The van der Waals surface area contributed by atoms with Crippen LogP contribution < -0.4 is 4.72 Å². The molecule has 0 aliphatic carbocycles. The highest BCUT2D eigenvalue weighted by atomic mass is 32.2. The molecule has 1 fully saturated rings. The molecule has 1 aliphatic heterocycles. The Kier molecular flexibility index (Phi) is 7.05. The van der Waals surface area contributed by atoms with Crippen molar-refractivity contribution in [2.75, 3.05) is 11.6 Å². The number of amides is 2. The molecule has 0 unspecified atom stereocenters. The number of carbonyl (C=O) groups is 2. The van der Waals surface area contributed by atoms with E-state index in [1.54, 1.807) is 37.3 Å². The highest BCUT2D eigenvalue weighted by Gasteiger charge is 2.36. The van der Waals surface area contributed by atoms with Gasteiger partial charge in [-0.25, -0.2) is 13.1 Å². The zero-order valence-corrected chi connectivity index (χ0v) is 16.3. The Morgan fingerprint density at radius 2 is 2.00 bits per heavy atom. The average Bonchev–Trinajstić information content (AvgIpc) is 3.10. The first-order valence-corrected chi connectivity index (χ1v) is 10.9. The molecule has 1 aromatic carbocycles. The fraction of sp³-hybridized carbons (Fsp3) is 0.333. The predicted octanol–water partition coefficient (Wildman–Crippen LogP) is 2.36. The van der Waals surface area contributed by atoms with Gasteiger partial charge in [0.15, 0.2) is 0 Å². The molecule has 1 aliphatic rings. The molecule has 2 rings (SSSR count). The van der Waals surface area contributed by atoms with Gasteiger partial charge in [0.2, 0.25) is 0 Å². The second kappa shape index (κ2) is 9.05. The van der Waals surface area contributed by atoms with Crippen LogP contribution in [0.2, 0.25) is 0 Å². The lowest BCUT2D eigenvalue weighted by Gasteiger charge is -2.23. The smallest absolute Gasteiger partial charge is 0.257 e. The molecule has 0 spiro atoms. The summed E-state index contributed by atoms with van der Waals surface area (Å²) in [5.41, 5.74) is 1.26. The van der Waals surface area contributed by atoms with Gasteiger partial charge in [-0.2, -0.15) is 0 Å². The van der Waals surface area contributed by atoms with Gasteiger partial charge in [-0.15, -0.1) is 11.8 Å². The van der Waals surface area contributed by atoms with Gasteiger partial charge in [-0.3, -0.25) is 9.59 Å². The molecule has 0 aromatic heterocycles. The Hall–Kier alpha value is -2.06. The Morgan fingerprint density at radius 1 is 1.31 bits per heavy atom. The number of hydrogen-bond acceptors (Lipinski definition) is 5. The second-order valence-electron chi connectivity index (χ2n) is 5.81. The SMILES string of the molecule is CC/C=C(/C)C(=O)N1CSC[C@@H]1C(=O)NS(=O)(=O)/C=C/c1ccccc1. The topological polar surface area (TPSA) is 83.6 Å². The molecular weight excluding hydrogens is 372 g/mol. The number of nitrogens with one attached hydrogen (secondary N) is 1. The van der Waals surface area contributed by atoms with Crippen LogP contribution in [0, 0.1) is 0 Å². The molecule has 0 bridgehead atoms.